The van der Waals surface area contributed by atoms with Crippen LogP contribution in [0.15, 0.2) is 12.2 Å². The van der Waals surface area contributed by atoms with Crippen LogP contribution in [0.2, 0.25) is 0 Å². The van der Waals surface area contributed by atoms with Crippen molar-refractivity contribution in [3.05, 3.63) is 12.2 Å². The van der Waals surface area contributed by atoms with Crippen molar-refractivity contribution < 1.29 is 4.79 Å². The summed E-state index contributed by atoms with van der Waals surface area (Å²) in [4.78, 5) is 14.7. The molecule has 0 N–H and O–H groups in total. The van der Waals surface area contributed by atoms with Gasteiger partial charge in [0.05, 0.1) is 0 Å². The minimum absolute atomic E-state index is 0.403. The van der Waals surface area contributed by atoms with Crippen molar-refractivity contribution in [2.45, 2.75) is 110 Å². The zero-order valence-electron chi connectivity index (χ0n) is 16.6. The summed E-state index contributed by atoms with van der Waals surface area (Å²) in [5, 5.41) is 0. The van der Waals surface area contributed by atoms with Crippen molar-refractivity contribution in [2.24, 2.45) is 5.92 Å². The quantitative estimate of drug-likeness (QED) is 0.312. The third kappa shape index (κ3) is 9.49. The number of likely N-dealkylation sites (tertiary alicyclic amines) is 1. The molecule has 0 bridgehead atoms. The molecule has 2 atom stereocenters. The molecular weight excluding hydrogens is 294 g/mol. The van der Waals surface area contributed by atoms with Gasteiger partial charge in [0.2, 0.25) is 5.91 Å². The van der Waals surface area contributed by atoms with E-state index in [2.05, 4.69) is 37.8 Å². The Labute approximate surface area is 151 Å². The van der Waals surface area contributed by atoms with Gasteiger partial charge >= 0.3 is 0 Å². The van der Waals surface area contributed by atoms with Crippen molar-refractivity contribution in [1.29, 1.82) is 0 Å². The lowest BCUT2D eigenvalue weighted by molar-refractivity contribution is -0.133. The molecular formula is C22H41NO. The average Bonchev–Trinajstić information content (AvgIpc) is 2.73. The monoisotopic (exact) mass is 335 g/mol. The number of amides is 1. The molecule has 0 aromatic heterocycles. The standard InChI is InChI=1S/C22H41NO/c1-4-5-6-7-8-9-10-11-12-13-14-18-22(24)23-19-20(2)16-15-17-21(23)3/h4-5,20-21H,6-19H2,1-3H3. The highest BCUT2D eigenvalue weighted by molar-refractivity contribution is 5.76. The van der Waals surface area contributed by atoms with Gasteiger partial charge in [0.15, 0.2) is 0 Å². The number of rotatable bonds is 11. The van der Waals surface area contributed by atoms with E-state index >= 15 is 0 Å². The first-order chi connectivity index (χ1) is 11.6. The summed E-state index contributed by atoms with van der Waals surface area (Å²) in [6.07, 6.45) is 20.6. The van der Waals surface area contributed by atoms with Crippen molar-refractivity contribution in [3.63, 3.8) is 0 Å². The molecule has 1 rings (SSSR count). The maximum absolute atomic E-state index is 12.5. The number of hydrogen-bond donors (Lipinski definition) is 0. The van der Waals surface area contributed by atoms with Crippen LogP contribution in [-0.4, -0.2) is 23.4 Å². The first-order valence-electron chi connectivity index (χ1n) is 10.6. The van der Waals surface area contributed by atoms with Gasteiger partial charge in [-0.05, 0) is 51.9 Å². The summed E-state index contributed by atoms with van der Waals surface area (Å²) in [5.74, 6) is 1.08. The molecule has 0 aromatic rings. The summed E-state index contributed by atoms with van der Waals surface area (Å²) in [7, 11) is 0. The molecule has 0 aromatic carbocycles. The number of carbonyl (C=O) groups is 1. The summed E-state index contributed by atoms with van der Waals surface area (Å²) in [5.41, 5.74) is 0. The van der Waals surface area contributed by atoms with E-state index in [-0.39, 0.29) is 0 Å². The van der Waals surface area contributed by atoms with E-state index in [0.717, 1.165) is 19.4 Å². The van der Waals surface area contributed by atoms with E-state index in [0.29, 0.717) is 17.9 Å². The first-order valence-corrected chi connectivity index (χ1v) is 10.6. The fourth-order valence-corrected chi connectivity index (χ4v) is 3.78. The van der Waals surface area contributed by atoms with Crippen LogP contribution < -0.4 is 0 Å². The number of nitrogens with zero attached hydrogens (tertiary/aromatic N) is 1. The minimum Gasteiger partial charge on any atom is -0.340 e. The lowest BCUT2D eigenvalue weighted by atomic mass is 10.1. The third-order valence-electron chi connectivity index (χ3n) is 5.43. The second-order valence-electron chi connectivity index (χ2n) is 7.87. The normalized spacial score (nSPS) is 22.0. The Morgan fingerprint density at radius 2 is 1.58 bits per heavy atom. The number of unbranched alkanes of at least 4 members (excludes halogenated alkanes) is 8. The van der Waals surface area contributed by atoms with E-state index < -0.39 is 0 Å². The van der Waals surface area contributed by atoms with E-state index in [1.54, 1.807) is 0 Å². The summed E-state index contributed by atoms with van der Waals surface area (Å²) in [6, 6.07) is 0.449. The molecule has 2 heteroatoms. The predicted octanol–water partition coefficient (Wildman–Crippen LogP) is 6.50. The summed E-state index contributed by atoms with van der Waals surface area (Å²) >= 11 is 0. The number of carbonyl (C=O) groups excluding carboxylic acids is 1. The van der Waals surface area contributed by atoms with Gasteiger partial charge in [-0.2, -0.15) is 0 Å². The van der Waals surface area contributed by atoms with E-state index in [1.807, 2.05) is 0 Å². The van der Waals surface area contributed by atoms with Crippen LogP contribution in [0.4, 0.5) is 0 Å². The van der Waals surface area contributed by atoms with Crippen molar-refractivity contribution in [3.8, 4) is 0 Å². The van der Waals surface area contributed by atoms with Crippen LogP contribution >= 0.6 is 0 Å². The maximum Gasteiger partial charge on any atom is 0.222 e. The highest BCUT2D eigenvalue weighted by Crippen LogP contribution is 2.22. The molecule has 2 unspecified atom stereocenters. The predicted molar refractivity (Wildman–Crippen MR) is 105 cm³/mol. The Balaban J connectivity index is 2.01. The van der Waals surface area contributed by atoms with Gasteiger partial charge < -0.3 is 4.90 Å². The Morgan fingerprint density at radius 3 is 2.25 bits per heavy atom. The third-order valence-corrected chi connectivity index (χ3v) is 5.43. The fraction of sp³-hybridized carbons (Fsp3) is 0.864. The van der Waals surface area contributed by atoms with E-state index in [1.165, 1.54) is 70.6 Å². The molecule has 1 heterocycles. The molecule has 140 valence electrons. The Bertz CT molecular complexity index is 350. The van der Waals surface area contributed by atoms with Crippen LogP contribution in [0.5, 0.6) is 0 Å². The molecule has 2 nitrogen and oxygen atoms in total. The van der Waals surface area contributed by atoms with E-state index in [9.17, 15) is 4.79 Å². The van der Waals surface area contributed by atoms with Gasteiger partial charge in [-0.1, -0.05) is 64.0 Å². The molecule has 24 heavy (non-hydrogen) atoms. The minimum atomic E-state index is 0.403. The maximum atomic E-state index is 12.5. The Hall–Kier alpha value is -0.790. The molecule has 0 saturated carbocycles. The summed E-state index contributed by atoms with van der Waals surface area (Å²) in [6.45, 7) is 7.59. The molecule has 0 spiro atoms. The summed E-state index contributed by atoms with van der Waals surface area (Å²) < 4.78 is 0. The average molecular weight is 336 g/mol. The zero-order valence-corrected chi connectivity index (χ0v) is 16.6. The van der Waals surface area contributed by atoms with Gasteiger partial charge in [0.25, 0.3) is 0 Å². The number of allylic oxidation sites excluding steroid dienone is 2. The van der Waals surface area contributed by atoms with Crippen LogP contribution in [-0.2, 0) is 4.79 Å². The molecule has 1 amide bonds. The van der Waals surface area contributed by atoms with Gasteiger partial charge in [-0.3, -0.25) is 4.79 Å². The van der Waals surface area contributed by atoms with Crippen molar-refractivity contribution in [1.82, 2.24) is 4.90 Å². The van der Waals surface area contributed by atoms with Crippen LogP contribution in [0, 0.1) is 5.92 Å². The molecule has 1 aliphatic heterocycles. The van der Waals surface area contributed by atoms with E-state index in [4.69, 9.17) is 0 Å². The van der Waals surface area contributed by atoms with Crippen LogP contribution in [0.25, 0.3) is 0 Å². The van der Waals surface area contributed by atoms with Gasteiger partial charge in [0.1, 0.15) is 0 Å². The second-order valence-corrected chi connectivity index (χ2v) is 7.87. The molecule has 1 aliphatic rings. The van der Waals surface area contributed by atoms with Gasteiger partial charge in [0, 0.05) is 19.0 Å². The lowest BCUT2D eigenvalue weighted by Gasteiger charge is -2.28. The Kier molecular flexibility index (Phi) is 12.0. The largest absolute Gasteiger partial charge is 0.340 e. The second kappa shape index (κ2) is 13.5. The van der Waals surface area contributed by atoms with Gasteiger partial charge in [-0.25, -0.2) is 0 Å². The fourth-order valence-electron chi connectivity index (χ4n) is 3.78. The van der Waals surface area contributed by atoms with Crippen molar-refractivity contribution in [2.75, 3.05) is 6.54 Å². The molecule has 1 fully saturated rings. The lowest BCUT2D eigenvalue weighted by Crippen LogP contribution is -2.39. The number of hydrogen-bond acceptors (Lipinski definition) is 1. The molecule has 1 saturated heterocycles. The highest BCUT2D eigenvalue weighted by Gasteiger charge is 2.24. The topological polar surface area (TPSA) is 20.3 Å². The molecule has 0 radical (unpaired) electrons. The Morgan fingerprint density at radius 1 is 0.958 bits per heavy atom. The molecule has 0 aliphatic carbocycles. The first kappa shape index (κ1) is 21.3. The van der Waals surface area contributed by atoms with Crippen molar-refractivity contribution >= 4 is 5.91 Å². The highest BCUT2D eigenvalue weighted by atomic mass is 16.2. The van der Waals surface area contributed by atoms with Crippen LogP contribution in [0.3, 0.4) is 0 Å². The smallest absolute Gasteiger partial charge is 0.222 e. The van der Waals surface area contributed by atoms with Crippen LogP contribution in [0.1, 0.15) is 104 Å². The SMILES string of the molecule is CC=CCCCCCCCCCCC(=O)N1CC(C)CCCC1C. The zero-order chi connectivity index (χ0) is 17.6. The van der Waals surface area contributed by atoms with Gasteiger partial charge in [-0.15, -0.1) is 0 Å².